The van der Waals surface area contributed by atoms with E-state index >= 15 is 0 Å². The Hall–Kier alpha value is -0.680. The van der Waals surface area contributed by atoms with Crippen molar-refractivity contribution in [1.82, 2.24) is 9.78 Å². The Balaban J connectivity index is 2.96. The van der Waals surface area contributed by atoms with Gasteiger partial charge in [0.25, 0.3) is 0 Å². The molecule has 13 heavy (non-hydrogen) atoms. The van der Waals surface area contributed by atoms with E-state index < -0.39 is 0 Å². The van der Waals surface area contributed by atoms with Crippen LogP contribution in [0.3, 0.4) is 0 Å². The summed E-state index contributed by atoms with van der Waals surface area (Å²) in [6.45, 7) is 3.01. The number of nitrogens with zero attached hydrogens (tertiary/aromatic N) is 2. The zero-order valence-electron chi connectivity index (χ0n) is 7.46. The van der Waals surface area contributed by atoms with Crippen LogP contribution in [0.5, 0.6) is 0 Å². The van der Waals surface area contributed by atoms with E-state index in [1.807, 2.05) is 6.92 Å². The Morgan fingerprint density at radius 2 is 2.46 bits per heavy atom. The van der Waals surface area contributed by atoms with Gasteiger partial charge < -0.3 is 5.73 Å². The van der Waals surface area contributed by atoms with Crippen molar-refractivity contribution >= 4 is 21.7 Å². The van der Waals surface area contributed by atoms with Crippen molar-refractivity contribution in [1.29, 1.82) is 0 Å². The van der Waals surface area contributed by atoms with Gasteiger partial charge in [-0.15, -0.1) is 0 Å². The van der Waals surface area contributed by atoms with Crippen molar-refractivity contribution in [2.24, 2.45) is 5.73 Å². The maximum absolute atomic E-state index is 11.5. The fourth-order valence-corrected chi connectivity index (χ4v) is 1.65. The molecule has 0 bridgehead atoms. The number of nitrogens with two attached hydrogens (primary N) is 1. The number of hydrogen-bond acceptors (Lipinski definition) is 3. The minimum atomic E-state index is 0.0359. The van der Waals surface area contributed by atoms with Crippen molar-refractivity contribution in [3.63, 3.8) is 0 Å². The lowest BCUT2D eigenvalue weighted by Crippen LogP contribution is -2.14. The van der Waals surface area contributed by atoms with Crippen LogP contribution in [0.4, 0.5) is 0 Å². The molecule has 0 atom stereocenters. The van der Waals surface area contributed by atoms with E-state index in [2.05, 4.69) is 21.0 Å². The van der Waals surface area contributed by atoms with Gasteiger partial charge in [0.2, 0.25) is 0 Å². The number of Topliss-reactive ketones (excluding diaryl/α,β-unsaturated/α-hetero) is 1. The highest BCUT2D eigenvalue weighted by Gasteiger charge is 2.14. The molecule has 1 aromatic rings. The Bertz CT molecular complexity index is 308. The third-order valence-electron chi connectivity index (χ3n) is 1.73. The number of aryl methyl sites for hydroxylation is 1. The fourth-order valence-electron chi connectivity index (χ4n) is 1.13. The summed E-state index contributed by atoms with van der Waals surface area (Å²) < 4.78 is 2.41. The molecule has 0 aliphatic heterocycles. The Labute approximate surface area is 85.2 Å². The number of hydrogen-bond donors (Lipinski definition) is 1. The van der Waals surface area contributed by atoms with Crippen molar-refractivity contribution in [3.8, 4) is 0 Å². The van der Waals surface area contributed by atoms with Crippen LogP contribution >= 0.6 is 15.9 Å². The predicted molar refractivity (Wildman–Crippen MR) is 53.6 cm³/mol. The third kappa shape index (κ3) is 2.16. The van der Waals surface area contributed by atoms with Gasteiger partial charge >= 0.3 is 0 Å². The average Bonchev–Trinajstić information content (AvgIpc) is 2.47. The number of carbonyl (C=O) groups is 1. The molecule has 5 heteroatoms. The SMILES string of the molecule is CCn1ncc(Br)c1C(=O)CCN. The molecule has 0 spiro atoms. The van der Waals surface area contributed by atoms with Crippen LogP contribution in [0.25, 0.3) is 0 Å². The third-order valence-corrected chi connectivity index (χ3v) is 2.31. The van der Waals surface area contributed by atoms with Crippen LogP contribution < -0.4 is 5.73 Å². The summed E-state index contributed by atoms with van der Waals surface area (Å²) >= 11 is 3.28. The van der Waals surface area contributed by atoms with Gasteiger partial charge in [-0.3, -0.25) is 9.48 Å². The molecule has 4 nitrogen and oxygen atoms in total. The Kier molecular flexibility index (Phi) is 3.62. The van der Waals surface area contributed by atoms with Gasteiger partial charge in [0, 0.05) is 13.0 Å². The first-order valence-electron chi connectivity index (χ1n) is 4.15. The average molecular weight is 246 g/mol. The second-order valence-electron chi connectivity index (χ2n) is 2.62. The molecule has 2 N–H and O–H groups in total. The van der Waals surface area contributed by atoms with Gasteiger partial charge in [0.1, 0.15) is 5.69 Å². The quantitative estimate of drug-likeness (QED) is 0.812. The van der Waals surface area contributed by atoms with Gasteiger partial charge in [-0.05, 0) is 29.4 Å². The van der Waals surface area contributed by atoms with Gasteiger partial charge in [0.15, 0.2) is 5.78 Å². The van der Waals surface area contributed by atoms with E-state index in [0.29, 0.717) is 25.2 Å². The maximum atomic E-state index is 11.5. The highest BCUT2D eigenvalue weighted by Crippen LogP contribution is 2.17. The van der Waals surface area contributed by atoms with Gasteiger partial charge in [0.05, 0.1) is 10.7 Å². The summed E-state index contributed by atoms with van der Waals surface area (Å²) in [6, 6.07) is 0. The highest BCUT2D eigenvalue weighted by atomic mass is 79.9. The second-order valence-corrected chi connectivity index (χ2v) is 3.47. The summed E-state index contributed by atoms with van der Waals surface area (Å²) in [5.74, 6) is 0.0359. The van der Waals surface area contributed by atoms with E-state index in [-0.39, 0.29) is 5.78 Å². The minimum absolute atomic E-state index is 0.0359. The molecule has 0 amide bonds. The molecule has 0 unspecified atom stereocenters. The molecule has 72 valence electrons. The summed E-state index contributed by atoms with van der Waals surface area (Å²) in [7, 11) is 0. The summed E-state index contributed by atoms with van der Waals surface area (Å²) in [4.78, 5) is 11.5. The number of aromatic nitrogens is 2. The van der Waals surface area contributed by atoms with E-state index in [0.717, 1.165) is 4.47 Å². The lowest BCUT2D eigenvalue weighted by molar-refractivity contribution is 0.0974. The van der Waals surface area contributed by atoms with Crippen LogP contribution in [-0.4, -0.2) is 22.1 Å². The minimum Gasteiger partial charge on any atom is -0.330 e. The predicted octanol–water partition coefficient (Wildman–Crippen LogP) is 1.20. The number of halogens is 1. The van der Waals surface area contributed by atoms with Crippen LogP contribution in [0.15, 0.2) is 10.7 Å². The molecule has 0 aliphatic rings. The second kappa shape index (κ2) is 4.53. The molecule has 1 heterocycles. The van der Waals surface area contributed by atoms with Crippen molar-refractivity contribution < 1.29 is 4.79 Å². The lowest BCUT2D eigenvalue weighted by atomic mass is 10.2. The molecule has 0 aliphatic carbocycles. The molecular formula is C8H12BrN3O. The van der Waals surface area contributed by atoms with Crippen molar-refractivity contribution in [2.45, 2.75) is 19.9 Å². The Morgan fingerprint density at radius 3 is 3.00 bits per heavy atom. The largest absolute Gasteiger partial charge is 0.330 e. The lowest BCUT2D eigenvalue weighted by Gasteiger charge is -2.02. The van der Waals surface area contributed by atoms with Gasteiger partial charge in [-0.25, -0.2) is 0 Å². The zero-order valence-corrected chi connectivity index (χ0v) is 9.04. The molecular weight excluding hydrogens is 234 g/mol. The van der Waals surface area contributed by atoms with Crippen LogP contribution in [0.2, 0.25) is 0 Å². The van der Waals surface area contributed by atoms with E-state index in [4.69, 9.17) is 5.73 Å². The number of ketones is 1. The van der Waals surface area contributed by atoms with E-state index in [1.54, 1.807) is 10.9 Å². The summed E-state index contributed by atoms with van der Waals surface area (Å²) in [6.07, 6.45) is 2.00. The van der Waals surface area contributed by atoms with Crippen molar-refractivity contribution in [3.05, 3.63) is 16.4 Å². The Morgan fingerprint density at radius 1 is 1.77 bits per heavy atom. The maximum Gasteiger partial charge on any atom is 0.183 e. The van der Waals surface area contributed by atoms with Crippen molar-refractivity contribution in [2.75, 3.05) is 6.54 Å². The zero-order chi connectivity index (χ0) is 9.84. The fraction of sp³-hybridized carbons (Fsp3) is 0.500. The smallest absolute Gasteiger partial charge is 0.183 e. The summed E-state index contributed by atoms with van der Waals surface area (Å²) in [5.41, 5.74) is 5.93. The molecule has 1 rings (SSSR count). The van der Waals surface area contributed by atoms with E-state index in [1.165, 1.54) is 0 Å². The molecule has 0 radical (unpaired) electrons. The standard InChI is InChI=1S/C8H12BrN3O/c1-2-12-8(6(9)5-11-12)7(13)3-4-10/h5H,2-4,10H2,1H3. The molecule has 0 saturated heterocycles. The highest BCUT2D eigenvalue weighted by molar-refractivity contribution is 9.10. The summed E-state index contributed by atoms with van der Waals surface area (Å²) in [5, 5.41) is 4.05. The molecule has 0 aromatic carbocycles. The molecule has 1 aromatic heterocycles. The first-order chi connectivity index (χ1) is 6.20. The number of carbonyl (C=O) groups excluding carboxylic acids is 1. The van der Waals surface area contributed by atoms with Crippen LogP contribution in [0, 0.1) is 0 Å². The normalized spacial score (nSPS) is 10.4. The van der Waals surface area contributed by atoms with Gasteiger partial charge in [-0.1, -0.05) is 0 Å². The van der Waals surface area contributed by atoms with Crippen LogP contribution in [0.1, 0.15) is 23.8 Å². The van der Waals surface area contributed by atoms with E-state index in [9.17, 15) is 4.79 Å². The van der Waals surface area contributed by atoms with Gasteiger partial charge in [-0.2, -0.15) is 5.10 Å². The topological polar surface area (TPSA) is 60.9 Å². The molecule has 0 fully saturated rings. The molecule has 0 saturated carbocycles. The van der Waals surface area contributed by atoms with Crippen LogP contribution in [-0.2, 0) is 6.54 Å². The monoisotopic (exact) mass is 245 g/mol. The number of rotatable bonds is 4. The first-order valence-corrected chi connectivity index (χ1v) is 4.94. The first kappa shape index (κ1) is 10.4.